The van der Waals surface area contributed by atoms with E-state index in [2.05, 4.69) is 53.9 Å². The molecule has 1 aromatic carbocycles. The molecule has 0 bridgehead atoms. The normalized spacial score (nSPS) is 11.6. The van der Waals surface area contributed by atoms with Crippen molar-refractivity contribution >= 4 is 15.9 Å². The Morgan fingerprint density at radius 3 is 2.29 bits per heavy atom. The molecule has 0 aromatic heterocycles. The van der Waals surface area contributed by atoms with Crippen LogP contribution in [-0.4, -0.2) is 6.61 Å². The molecule has 1 aromatic rings. The van der Waals surface area contributed by atoms with Gasteiger partial charge in [0.1, 0.15) is 18.1 Å². The molecule has 0 radical (unpaired) electrons. The molecule has 0 unspecified atom stereocenters. The van der Waals surface area contributed by atoms with Gasteiger partial charge >= 0.3 is 0 Å². The maximum absolute atomic E-state index is 6.01. The summed E-state index contributed by atoms with van der Waals surface area (Å²) in [5.41, 5.74) is 6.13. The molecular weight excluding hydrogens is 412 g/mol. The van der Waals surface area contributed by atoms with E-state index in [4.69, 9.17) is 9.47 Å². The summed E-state index contributed by atoms with van der Waals surface area (Å²) in [6.45, 7) is 20.9. The Morgan fingerprint density at radius 2 is 1.75 bits per heavy atom. The zero-order valence-electron chi connectivity index (χ0n) is 17.5. The van der Waals surface area contributed by atoms with Gasteiger partial charge in [0.05, 0.1) is 6.61 Å². The zero-order valence-corrected chi connectivity index (χ0v) is 19.1. The molecule has 0 atom stereocenters. The Hall–Kier alpha value is -2.26. The summed E-state index contributed by atoms with van der Waals surface area (Å²) in [4.78, 5) is 0. The van der Waals surface area contributed by atoms with E-state index in [9.17, 15) is 0 Å². The van der Waals surface area contributed by atoms with Crippen LogP contribution in [0.2, 0.25) is 0 Å². The maximum atomic E-state index is 6.01. The van der Waals surface area contributed by atoms with E-state index in [0.717, 1.165) is 38.9 Å². The van der Waals surface area contributed by atoms with Gasteiger partial charge in [-0.1, -0.05) is 71.1 Å². The first-order valence-electron chi connectivity index (χ1n) is 9.30. The van der Waals surface area contributed by atoms with Gasteiger partial charge in [0, 0.05) is 10.9 Å². The number of rotatable bonds is 11. The molecule has 28 heavy (non-hydrogen) atoms. The lowest BCUT2D eigenvalue weighted by molar-refractivity contribution is 0.209. The first-order valence-corrected chi connectivity index (χ1v) is 10.4. The van der Waals surface area contributed by atoms with E-state index in [1.807, 2.05) is 45.9 Å². The van der Waals surface area contributed by atoms with E-state index in [1.165, 1.54) is 5.56 Å². The van der Waals surface area contributed by atoms with Crippen molar-refractivity contribution in [2.45, 2.75) is 39.6 Å². The average molecular weight is 443 g/mol. The number of alkyl halides is 1. The third-order valence-corrected chi connectivity index (χ3v) is 4.64. The molecule has 0 fully saturated rings. The van der Waals surface area contributed by atoms with Crippen LogP contribution in [0.15, 0.2) is 96.0 Å². The number of hydrogen-bond acceptors (Lipinski definition) is 2. The summed E-state index contributed by atoms with van der Waals surface area (Å²) in [5, 5.41) is 0.821. The third-order valence-electron chi connectivity index (χ3n) is 4.00. The molecule has 0 saturated carbocycles. The predicted octanol–water partition coefficient (Wildman–Crippen LogP) is 7.56. The molecule has 1 rings (SSSR count). The quantitative estimate of drug-likeness (QED) is 0.200. The molecule has 0 aliphatic carbocycles. The van der Waals surface area contributed by atoms with Crippen molar-refractivity contribution in [3.05, 3.63) is 107 Å². The summed E-state index contributed by atoms with van der Waals surface area (Å²) >= 11 is 3.49. The van der Waals surface area contributed by atoms with Gasteiger partial charge in [-0.25, -0.2) is 0 Å². The Bertz CT molecular complexity index is 806. The highest BCUT2D eigenvalue weighted by atomic mass is 79.9. The van der Waals surface area contributed by atoms with Crippen LogP contribution in [0.5, 0.6) is 0 Å². The van der Waals surface area contributed by atoms with Crippen molar-refractivity contribution in [2.75, 3.05) is 6.61 Å². The monoisotopic (exact) mass is 442 g/mol. The number of ether oxygens (including phenoxy) is 2. The number of benzene rings is 1. The molecule has 3 heteroatoms. The fraction of sp³-hybridized carbons (Fsp3) is 0.280. The SMILES string of the molecule is C=C/C(=C\C(=C(C)C)/C(=C\C(=C)C(=C)C)OCC)OCc1cccc(CBr)c1. The summed E-state index contributed by atoms with van der Waals surface area (Å²) in [5.74, 6) is 1.44. The minimum atomic E-state index is 0.473. The lowest BCUT2D eigenvalue weighted by Gasteiger charge is -2.15. The Kier molecular flexibility index (Phi) is 10.4. The van der Waals surface area contributed by atoms with Gasteiger partial charge in [-0.05, 0) is 62.6 Å². The Balaban J connectivity index is 3.14. The highest BCUT2D eigenvalue weighted by Gasteiger charge is 2.09. The van der Waals surface area contributed by atoms with Gasteiger partial charge in [-0.2, -0.15) is 0 Å². The van der Waals surface area contributed by atoms with Crippen LogP contribution in [0.25, 0.3) is 0 Å². The van der Waals surface area contributed by atoms with E-state index in [0.29, 0.717) is 19.0 Å². The smallest absolute Gasteiger partial charge is 0.127 e. The summed E-state index contributed by atoms with van der Waals surface area (Å²) in [7, 11) is 0. The topological polar surface area (TPSA) is 18.5 Å². The minimum Gasteiger partial charge on any atom is -0.493 e. The summed E-state index contributed by atoms with van der Waals surface area (Å²) in [6.07, 6.45) is 5.60. The summed E-state index contributed by atoms with van der Waals surface area (Å²) < 4.78 is 11.9. The van der Waals surface area contributed by atoms with Gasteiger partial charge in [-0.3, -0.25) is 0 Å². The predicted molar refractivity (Wildman–Crippen MR) is 124 cm³/mol. The lowest BCUT2D eigenvalue weighted by Crippen LogP contribution is -2.00. The molecule has 0 heterocycles. The molecule has 0 aliphatic heterocycles. The lowest BCUT2D eigenvalue weighted by atomic mass is 10.0. The van der Waals surface area contributed by atoms with Gasteiger partial charge < -0.3 is 9.47 Å². The van der Waals surface area contributed by atoms with Crippen LogP contribution < -0.4 is 0 Å². The van der Waals surface area contributed by atoms with Crippen LogP contribution in [0.3, 0.4) is 0 Å². The second kappa shape index (κ2) is 12.2. The van der Waals surface area contributed by atoms with Crippen LogP contribution in [0.1, 0.15) is 38.8 Å². The molecule has 0 spiro atoms. The largest absolute Gasteiger partial charge is 0.493 e. The fourth-order valence-corrected chi connectivity index (χ4v) is 2.72. The molecule has 0 N–H and O–H groups in total. The van der Waals surface area contributed by atoms with E-state index in [1.54, 1.807) is 6.08 Å². The molecule has 0 saturated heterocycles. The number of halogens is 1. The first kappa shape index (κ1) is 23.8. The highest BCUT2D eigenvalue weighted by Crippen LogP contribution is 2.23. The second-order valence-electron chi connectivity index (χ2n) is 6.65. The van der Waals surface area contributed by atoms with Crippen molar-refractivity contribution in [3.63, 3.8) is 0 Å². The van der Waals surface area contributed by atoms with Crippen molar-refractivity contribution < 1.29 is 9.47 Å². The standard InChI is InChI=1S/C25H31BrO2/c1-8-23(28-17-22-12-10-11-21(14-22)16-26)15-24(19(5)6)25(27-9-2)13-20(7)18(3)4/h8,10-15H,1,3,7,9,16-17H2,2,4-6H3/b23-15+,25-13+. The fourth-order valence-electron chi connectivity index (χ4n) is 2.37. The zero-order chi connectivity index (χ0) is 21.1. The van der Waals surface area contributed by atoms with Crippen molar-refractivity contribution in [1.29, 1.82) is 0 Å². The number of hydrogen-bond donors (Lipinski definition) is 0. The Morgan fingerprint density at radius 1 is 1.07 bits per heavy atom. The first-order chi connectivity index (χ1) is 13.3. The van der Waals surface area contributed by atoms with E-state index in [-0.39, 0.29) is 0 Å². The van der Waals surface area contributed by atoms with Crippen LogP contribution in [0.4, 0.5) is 0 Å². The molecule has 150 valence electrons. The van der Waals surface area contributed by atoms with Crippen molar-refractivity contribution in [3.8, 4) is 0 Å². The van der Waals surface area contributed by atoms with E-state index >= 15 is 0 Å². The average Bonchev–Trinajstić information content (AvgIpc) is 2.67. The van der Waals surface area contributed by atoms with Crippen LogP contribution in [-0.2, 0) is 21.4 Å². The third kappa shape index (κ3) is 7.77. The number of allylic oxidation sites excluding steroid dienone is 6. The van der Waals surface area contributed by atoms with Crippen LogP contribution >= 0.6 is 15.9 Å². The maximum Gasteiger partial charge on any atom is 0.127 e. The molecular formula is C25H31BrO2. The highest BCUT2D eigenvalue weighted by molar-refractivity contribution is 9.08. The van der Waals surface area contributed by atoms with Gasteiger partial charge in [0.15, 0.2) is 0 Å². The van der Waals surface area contributed by atoms with Gasteiger partial charge in [-0.15, -0.1) is 0 Å². The van der Waals surface area contributed by atoms with Crippen LogP contribution in [0, 0.1) is 0 Å². The second-order valence-corrected chi connectivity index (χ2v) is 7.21. The summed E-state index contributed by atoms with van der Waals surface area (Å²) in [6, 6.07) is 8.29. The Labute approximate surface area is 178 Å². The van der Waals surface area contributed by atoms with E-state index < -0.39 is 0 Å². The molecule has 0 amide bonds. The van der Waals surface area contributed by atoms with Crippen molar-refractivity contribution in [2.24, 2.45) is 0 Å². The molecule has 0 aliphatic rings. The minimum absolute atomic E-state index is 0.473. The molecule has 2 nitrogen and oxygen atoms in total. The van der Waals surface area contributed by atoms with Crippen molar-refractivity contribution in [1.82, 2.24) is 0 Å². The van der Waals surface area contributed by atoms with Gasteiger partial charge in [0.25, 0.3) is 0 Å². The van der Waals surface area contributed by atoms with Gasteiger partial charge in [0.2, 0.25) is 0 Å².